The Labute approximate surface area is 150 Å². The molecule has 0 saturated carbocycles. The molecule has 0 radical (unpaired) electrons. The Balaban J connectivity index is 1.97. The number of piperazine rings is 1. The van der Waals surface area contributed by atoms with Crippen molar-refractivity contribution in [1.82, 2.24) is 24.0 Å². The fourth-order valence-electron chi connectivity index (χ4n) is 3.29. The highest BCUT2D eigenvalue weighted by Crippen LogP contribution is 2.21. The number of hydrogen-bond acceptors (Lipinski definition) is 5. The maximum atomic E-state index is 12.3. The molecule has 0 unspecified atom stereocenters. The van der Waals surface area contributed by atoms with Crippen LogP contribution in [0.1, 0.15) is 19.8 Å². The number of imidazole rings is 1. The topological polar surface area (TPSA) is 96.2 Å². The van der Waals surface area contributed by atoms with Crippen LogP contribution in [0.4, 0.5) is 5.95 Å². The summed E-state index contributed by atoms with van der Waals surface area (Å²) in [5.74, 6) is 0.791. The first kappa shape index (κ1) is 18.0. The lowest BCUT2D eigenvalue weighted by atomic mass is 10.2. The van der Waals surface area contributed by atoms with Gasteiger partial charge in [-0.25, -0.2) is 4.79 Å². The van der Waals surface area contributed by atoms with Crippen LogP contribution in [0, 0.1) is 0 Å². The molecule has 1 aliphatic heterocycles. The van der Waals surface area contributed by atoms with E-state index in [1.54, 1.807) is 17.7 Å². The average molecular weight is 360 g/mol. The second-order valence-electron chi connectivity index (χ2n) is 6.42. The molecule has 0 aliphatic carbocycles. The number of allylic oxidation sites excluding steroid dienone is 1. The van der Waals surface area contributed by atoms with E-state index in [2.05, 4.69) is 16.5 Å². The number of carbonyl (C=O) groups excluding carboxylic acids is 1. The van der Waals surface area contributed by atoms with E-state index in [0.717, 1.165) is 6.42 Å². The molecule has 1 amide bonds. The Bertz CT molecular complexity index is 946. The monoisotopic (exact) mass is 360 g/mol. The van der Waals surface area contributed by atoms with Gasteiger partial charge in [0.05, 0.1) is 0 Å². The number of aromatic amines is 1. The van der Waals surface area contributed by atoms with Crippen LogP contribution in [-0.4, -0.2) is 56.1 Å². The lowest BCUT2D eigenvalue weighted by Crippen LogP contribution is -2.49. The fourth-order valence-corrected chi connectivity index (χ4v) is 3.29. The Kier molecular flexibility index (Phi) is 4.97. The van der Waals surface area contributed by atoms with E-state index in [1.807, 2.05) is 16.7 Å². The number of nitrogens with zero attached hydrogens (tertiary/aromatic N) is 5. The van der Waals surface area contributed by atoms with Crippen LogP contribution in [0.5, 0.6) is 0 Å². The molecule has 3 rings (SSSR count). The fraction of sp³-hybridized carbons (Fsp3) is 0.529. The largest absolute Gasteiger partial charge is 0.339 e. The molecule has 9 nitrogen and oxygen atoms in total. The molecule has 2 aromatic rings. The highest BCUT2D eigenvalue weighted by atomic mass is 16.2. The number of rotatable bonds is 5. The summed E-state index contributed by atoms with van der Waals surface area (Å²) in [5.41, 5.74) is -0.251. The summed E-state index contributed by atoms with van der Waals surface area (Å²) in [4.78, 5) is 47.0. The van der Waals surface area contributed by atoms with Crippen LogP contribution in [-0.2, 0) is 18.4 Å². The molecule has 0 bridgehead atoms. The highest BCUT2D eigenvalue weighted by Gasteiger charge is 2.25. The highest BCUT2D eigenvalue weighted by molar-refractivity contribution is 5.77. The number of anilines is 1. The minimum Gasteiger partial charge on any atom is -0.339 e. The molecule has 1 saturated heterocycles. The molecule has 0 aromatic carbocycles. The van der Waals surface area contributed by atoms with Crippen molar-refractivity contribution < 1.29 is 4.79 Å². The number of amides is 1. The maximum absolute atomic E-state index is 12.3. The van der Waals surface area contributed by atoms with Gasteiger partial charge in [0.15, 0.2) is 11.2 Å². The molecule has 0 spiro atoms. The average Bonchev–Trinajstić information content (AvgIpc) is 3.00. The summed E-state index contributed by atoms with van der Waals surface area (Å²) >= 11 is 0. The minimum atomic E-state index is -0.493. The van der Waals surface area contributed by atoms with E-state index in [-0.39, 0.29) is 5.91 Å². The lowest BCUT2D eigenvalue weighted by molar-refractivity contribution is -0.131. The third-order valence-electron chi connectivity index (χ3n) is 4.68. The maximum Gasteiger partial charge on any atom is 0.329 e. The second-order valence-corrected chi connectivity index (χ2v) is 6.42. The Morgan fingerprint density at radius 2 is 1.96 bits per heavy atom. The molecule has 9 heteroatoms. The van der Waals surface area contributed by atoms with Crippen molar-refractivity contribution in [3.8, 4) is 0 Å². The predicted octanol–water partition coefficient (Wildman–Crippen LogP) is 0.0580. The molecule has 1 aliphatic rings. The molecule has 26 heavy (non-hydrogen) atoms. The predicted molar refractivity (Wildman–Crippen MR) is 99.5 cm³/mol. The van der Waals surface area contributed by atoms with Gasteiger partial charge in [0, 0.05) is 46.2 Å². The molecule has 0 atom stereocenters. The zero-order chi connectivity index (χ0) is 18.8. The van der Waals surface area contributed by atoms with Gasteiger partial charge in [-0.1, -0.05) is 13.0 Å². The molecular weight excluding hydrogens is 336 g/mol. The third kappa shape index (κ3) is 3.04. The Morgan fingerprint density at radius 3 is 2.58 bits per heavy atom. The van der Waals surface area contributed by atoms with E-state index in [0.29, 0.717) is 56.3 Å². The first-order valence-corrected chi connectivity index (χ1v) is 8.81. The van der Waals surface area contributed by atoms with Crippen molar-refractivity contribution in [2.24, 2.45) is 7.05 Å². The first-order chi connectivity index (χ1) is 12.5. The Morgan fingerprint density at radius 1 is 1.27 bits per heavy atom. The van der Waals surface area contributed by atoms with E-state index < -0.39 is 11.2 Å². The van der Waals surface area contributed by atoms with E-state index in [9.17, 15) is 14.4 Å². The van der Waals surface area contributed by atoms with Crippen molar-refractivity contribution in [1.29, 1.82) is 0 Å². The SMILES string of the molecule is C=CCn1c(N2CCN(C(=O)CCC)CC2)nc2c1c(=O)[nH]c(=O)n2C. The van der Waals surface area contributed by atoms with E-state index in [4.69, 9.17) is 0 Å². The van der Waals surface area contributed by atoms with Gasteiger partial charge in [0.2, 0.25) is 11.9 Å². The van der Waals surface area contributed by atoms with Crippen LogP contribution in [0.3, 0.4) is 0 Å². The van der Waals surface area contributed by atoms with Crippen LogP contribution in [0.25, 0.3) is 11.2 Å². The Hall–Kier alpha value is -2.84. The van der Waals surface area contributed by atoms with Gasteiger partial charge < -0.3 is 14.4 Å². The van der Waals surface area contributed by atoms with Crippen LogP contribution < -0.4 is 16.1 Å². The van der Waals surface area contributed by atoms with Gasteiger partial charge in [-0.15, -0.1) is 6.58 Å². The summed E-state index contributed by atoms with van der Waals surface area (Å²) in [5, 5.41) is 0. The molecule has 3 heterocycles. The lowest BCUT2D eigenvalue weighted by Gasteiger charge is -2.35. The minimum absolute atomic E-state index is 0.172. The van der Waals surface area contributed by atoms with E-state index >= 15 is 0 Å². The summed E-state index contributed by atoms with van der Waals surface area (Å²) in [6.45, 7) is 8.64. The molecule has 1 N–H and O–H groups in total. The number of carbonyl (C=O) groups is 1. The van der Waals surface area contributed by atoms with E-state index in [1.165, 1.54) is 4.57 Å². The van der Waals surface area contributed by atoms with Crippen LogP contribution in [0.2, 0.25) is 0 Å². The molecule has 1 fully saturated rings. The summed E-state index contributed by atoms with van der Waals surface area (Å²) in [6, 6.07) is 0. The van der Waals surface area contributed by atoms with Gasteiger partial charge in [-0.05, 0) is 6.42 Å². The van der Waals surface area contributed by atoms with Gasteiger partial charge in [-0.3, -0.25) is 19.1 Å². The van der Waals surface area contributed by atoms with Crippen molar-refractivity contribution in [3.63, 3.8) is 0 Å². The van der Waals surface area contributed by atoms with Crippen molar-refractivity contribution in [2.45, 2.75) is 26.3 Å². The summed E-state index contributed by atoms with van der Waals surface area (Å²) in [7, 11) is 1.58. The van der Waals surface area contributed by atoms with Gasteiger partial charge in [0.1, 0.15) is 0 Å². The third-order valence-corrected chi connectivity index (χ3v) is 4.68. The smallest absolute Gasteiger partial charge is 0.329 e. The summed E-state index contributed by atoms with van der Waals surface area (Å²) < 4.78 is 3.10. The summed E-state index contributed by atoms with van der Waals surface area (Å²) in [6.07, 6.45) is 3.09. The molecule has 140 valence electrons. The zero-order valence-corrected chi connectivity index (χ0v) is 15.2. The number of H-pyrrole nitrogens is 1. The van der Waals surface area contributed by atoms with Gasteiger partial charge in [0.25, 0.3) is 5.56 Å². The first-order valence-electron chi connectivity index (χ1n) is 8.81. The van der Waals surface area contributed by atoms with Crippen molar-refractivity contribution in [2.75, 3.05) is 31.1 Å². The number of nitrogens with one attached hydrogen (secondary N) is 1. The zero-order valence-electron chi connectivity index (χ0n) is 15.2. The second kappa shape index (κ2) is 7.19. The van der Waals surface area contributed by atoms with Gasteiger partial charge >= 0.3 is 5.69 Å². The van der Waals surface area contributed by atoms with Crippen molar-refractivity contribution >= 4 is 23.0 Å². The normalized spacial score (nSPS) is 14.8. The quantitative estimate of drug-likeness (QED) is 0.761. The molecule has 2 aromatic heterocycles. The molecular formula is C17H24N6O3. The van der Waals surface area contributed by atoms with Crippen LogP contribution in [0.15, 0.2) is 22.2 Å². The number of fused-ring (bicyclic) bond motifs is 1. The number of aryl methyl sites for hydroxylation is 1. The van der Waals surface area contributed by atoms with Crippen LogP contribution >= 0.6 is 0 Å². The standard InChI is InChI=1S/C17H24N6O3/c1-4-6-12(24)21-8-10-22(11-9-21)16-18-14-13(23(16)7-5-2)15(25)19-17(26)20(14)3/h5H,2,4,6-11H2,1,3H3,(H,19,25,26). The number of aromatic nitrogens is 4. The number of hydrogen-bond donors (Lipinski definition) is 1. The van der Waals surface area contributed by atoms with Crippen molar-refractivity contribution in [3.05, 3.63) is 33.5 Å². The van der Waals surface area contributed by atoms with Gasteiger partial charge in [-0.2, -0.15) is 4.98 Å².